The maximum atomic E-state index is 13.5. The van der Waals surface area contributed by atoms with Crippen LogP contribution in [0, 0.1) is 5.82 Å². The summed E-state index contributed by atoms with van der Waals surface area (Å²) in [4.78, 5) is 0. The molecule has 3 aromatic rings. The molecule has 0 aliphatic heterocycles. The minimum Gasteiger partial charge on any atom is -0.321 e. The first-order valence-corrected chi connectivity index (χ1v) is 6.90. The molecule has 2 nitrogen and oxygen atoms in total. The molecule has 0 spiro atoms. The Hall–Kier alpha value is -1.91. The minimum absolute atomic E-state index is 0.192. The Bertz CT molecular complexity index is 679. The van der Waals surface area contributed by atoms with Crippen LogP contribution in [-0.4, -0.2) is 0 Å². The predicted molar refractivity (Wildman–Crippen MR) is 78.7 cm³/mol. The zero-order valence-corrected chi connectivity index (χ0v) is 11.0. The number of rotatable bonds is 4. The van der Waals surface area contributed by atoms with E-state index in [-0.39, 0.29) is 5.82 Å². The summed E-state index contributed by atoms with van der Waals surface area (Å²) in [6, 6.07) is 14.9. The molecule has 0 saturated heterocycles. The van der Waals surface area contributed by atoms with Crippen molar-refractivity contribution >= 4 is 27.1 Å². The van der Waals surface area contributed by atoms with E-state index < -0.39 is 0 Å². The van der Waals surface area contributed by atoms with Crippen LogP contribution in [0.4, 0.5) is 10.1 Å². The second-order valence-electron chi connectivity index (χ2n) is 4.25. The van der Waals surface area contributed by atoms with Crippen LogP contribution in [0.2, 0.25) is 0 Å². The van der Waals surface area contributed by atoms with Crippen molar-refractivity contribution in [3.63, 3.8) is 0 Å². The third kappa shape index (κ3) is 2.75. The predicted octanol–water partition coefficient (Wildman–Crippen LogP) is 4.16. The molecule has 0 saturated carbocycles. The molecule has 2 aromatic carbocycles. The molecule has 96 valence electrons. The molecule has 19 heavy (non-hydrogen) atoms. The SMILES string of the molecule is Fc1cc(CNNc2ccccc2)c2sccc2c1. The Morgan fingerprint density at radius 2 is 1.89 bits per heavy atom. The number of para-hydroxylation sites is 1. The van der Waals surface area contributed by atoms with Gasteiger partial charge in [0.15, 0.2) is 0 Å². The van der Waals surface area contributed by atoms with Gasteiger partial charge in [0.25, 0.3) is 0 Å². The average molecular weight is 272 g/mol. The van der Waals surface area contributed by atoms with E-state index in [9.17, 15) is 4.39 Å². The molecule has 0 bridgehead atoms. The summed E-state index contributed by atoms with van der Waals surface area (Å²) in [5.41, 5.74) is 8.17. The molecular weight excluding hydrogens is 259 g/mol. The molecule has 4 heteroatoms. The van der Waals surface area contributed by atoms with Crippen LogP contribution in [-0.2, 0) is 6.54 Å². The first-order chi connectivity index (χ1) is 9.33. The Morgan fingerprint density at radius 1 is 1.05 bits per heavy atom. The van der Waals surface area contributed by atoms with Crippen LogP contribution in [0.15, 0.2) is 53.9 Å². The molecule has 1 aromatic heterocycles. The van der Waals surface area contributed by atoms with E-state index in [2.05, 4.69) is 10.9 Å². The molecule has 0 amide bonds. The number of hydrazine groups is 1. The van der Waals surface area contributed by atoms with Crippen molar-refractivity contribution in [2.24, 2.45) is 0 Å². The van der Waals surface area contributed by atoms with Crippen LogP contribution in [0.5, 0.6) is 0 Å². The number of halogens is 1. The number of benzene rings is 2. The molecule has 0 fully saturated rings. The fourth-order valence-electron chi connectivity index (χ4n) is 2.01. The monoisotopic (exact) mass is 272 g/mol. The molecule has 2 N–H and O–H groups in total. The highest BCUT2D eigenvalue weighted by Crippen LogP contribution is 2.26. The minimum atomic E-state index is -0.192. The van der Waals surface area contributed by atoms with Gasteiger partial charge in [0.1, 0.15) is 5.82 Å². The molecule has 0 atom stereocenters. The maximum Gasteiger partial charge on any atom is 0.124 e. The Morgan fingerprint density at radius 3 is 2.74 bits per heavy atom. The van der Waals surface area contributed by atoms with Gasteiger partial charge in [0.05, 0.1) is 0 Å². The molecule has 0 aliphatic carbocycles. The van der Waals surface area contributed by atoms with Crippen LogP contribution >= 0.6 is 11.3 Å². The number of anilines is 1. The first-order valence-electron chi connectivity index (χ1n) is 6.02. The number of fused-ring (bicyclic) bond motifs is 1. The van der Waals surface area contributed by atoms with Crippen molar-refractivity contribution in [1.82, 2.24) is 5.43 Å². The number of thiophene rings is 1. The largest absolute Gasteiger partial charge is 0.321 e. The summed E-state index contributed by atoms with van der Waals surface area (Å²) < 4.78 is 14.6. The Balaban J connectivity index is 1.73. The summed E-state index contributed by atoms with van der Waals surface area (Å²) >= 11 is 1.63. The van der Waals surface area contributed by atoms with Gasteiger partial charge in [-0.15, -0.1) is 11.3 Å². The highest BCUT2D eigenvalue weighted by atomic mass is 32.1. The molecule has 0 radical (unpaired) electrons. The van der Waals surface area contributed by atoms with Gasteiger partial charge >= 0.3 is 0 Å². The molecular formula is C15H13FN2S. The van der Waals surface area contributed by atoms with Crippen molar-refractivity contribution in [3.05, 3.63) is 65.3 Å². The zero-order valence-electron chi connectivity index (χ0n) is 10.2. The standard InChI is InChI=1S/C15H13FN2S/c16-13-8-11-6-7-19-15(11)12(9-13)10-17-18-14-4-2-1-3-5-14/h1-9,17-18H,10H2. The van der Waals surface area contributed by atoms with Crippen molar-refractivity contribution in [3.8, 4) is 0 Å². The second-order valence-corrected chi connectivity index (χ2v) is 5.16. The lowest BCUT2D eigenvalue weighted by atomic mass is 10.1. The van der Waals surface area contributed by atoms with Crippen LogP contribution in [0.3, 0.4) is 0 Å². The molecule has 1 heterocycles. The van der Waals surface area contributed by atoms with E-state index in [1.807, 2.05) is 41.8 Å². The van der Waals surface area contributed by atoms with E-state index in [1.54, 1.807) is 23.5 Å². The van der Waals surface area contributed by atoms with E-state index in [0.29, 0.717) is 6.54 Å². The van der Waals surface area contributed by atoms with Gasteiger partial charge in [-0.3, -0.25) is 0 Å². The van der Waals surface area contributed by atoms with Crippen molar-refractivity contribution < 1.29 is 4.39 Å². The second kappa shape index (κ2) is 5.38. The summed E-state index contributed by atoms with van der Waals surface area (Å²) in [6.45, 7) is 0.573. The summed E-state index contributed by atoms with van der Waals surface area (Å²) in [6.07, 6.45) is 0. The van der Waals surface area contributed by atoms with Gasteiger partial charge in [0.2, 0.25) is 0 Å². The topological polar surface area (TPSA) is 24.1 Å². The highest BCUT2D eigenvalue weighted by Gasteiger charge is 2.05. The quantitative estimate of drug-likeness (QED) is 0.697. The fourth-order valence-corrected chi connectivity index (χ4v) is 2.91. The Labute approximate surface area is 114 Å². The summed E-state index contributed by atoms with van der Waals surface area (Å²) in [5.74, 6) is -0.192. The summed E-state index contributed by atoms with van der Waals surface area (Å²) in [5, 5.41) is 2.94. The van der Waals surface area contributed by atoms with E-state index in [0.717, 1.165) is 21.3 Å². The Kier molecular flexibility index (Phi) is 3.44. The van der Waals surface area contributed by atoms with Crippen molar-refractivity contribution in [1.29, 1.82) is 0 Å². The van der Waals surface area contributed by atoms with Crippen molar-refractivity contribution in [2.75, 3.05) is 5.43 Å². The van der Waals surface area contributed by atoms with Gasteiger partial charge in [-0.25, -0.2) is 9.82 Å². The number of hydrogen-bond acceptors (Lipinski definition) is 3. The van der Waals surface area contributed by atoms with Gasteiger partial charge < -0.3 is 5.43 Å². The molecule has 3 rings (SSSR count). The van der Waals surface area contributed by atoms with Crippen LogP contribution in [0.1, 0.15) is 5.56 Å². The van der Waals surface area contributed by atoms with E-state index in [1.165, 1.54) is 0 Å². The van der Waals surface area contributed by atoms with Crippen LogP contribution in [0.25, 0.3) is 10.1 Å². The molecule has 0 unspecified atom stereocenters. The lowest BCUT2D eigenvalue weighted by molar-refractivity contribution is 0.626. The van der Waals surface area contributed by atoms with Gasteiger partial charge in [-0.1, -0.05) is 18.2 Å². The van der Waals surface area contributed by atoms with E-state index in [4.69, 9.17) is 0 Å². The van der Waals surface area contributed by atoms with Gasteiger partial charge in [-0.05, 0) is 46.7 Å². The fraction of sp³-hybridized carbons (Fsp3) is 0.0667. The zero-order chi connectivity index (χ0) is 13.1. The highest BCUT2D eigenvalue weighted by molar-refractivity contribution is 7.17. The van der Waals surface area contributed by atoms with Crippen molar-refractivity contribution in [2.45, 2.75) is 6.54 Å². The van der Waals surface area contributed by atoms with Gasteiger partial charge in [0, 0.05) is 16.9 Å². The molecule has 0 aliphatic rings. The van der Waals surface area contributed by atoms with E-state index >= 15 is 0 Å². The third-order valence-electron chi connectivity index (χ3n) is 2.88. The lowest BCUT2D eigenvalue weighted by Gasteiger charge is -2.09. The summed E-state index contributed by atoms with van der Waals surface area (Å²) in [7, 11) is 0. The maximum absolute atomic E-state index is 13.5. The number of nitrogens with one attached hydrogen (secondary N) is 2. The number of hydrogen-bond donors (Lipinski definition) is 2. The first kappa shape index (κ1) is 12.1. The normalized spacial score (nSPS) is 10.8. The smallest absolute Gasteiger partial charge is 0.124 e. The lowest BCUT2D eigenvalue weighted by Crippen LogP contribution is -2.20. The van der Waals surface area contributed by atoms with Crippen LogP contribution < -0.4 is 10.9 Å². The van der Waals surface area contributed by atoms with Gasteiger partial charge in [-0.2, -0.15) is 0 Å². The average Bonchev–Trinajstić information content (AvgIpc) is 2.88. The third-order valence-corrected chi connectivity index (χ3v) is 3.88.